The molecule has 12 nitrogen and oxygen atoms in total. The Labute approximate surface area is 171 Å². The van der Waals surface area contributed by atoms with Crippen LogP contribution in [0.3, 0.4) is 0 Å². The highest BCUT2D eigenvalue weighted by Gasteiger charge is 3.12. The molecule has 12 heteroatoms. The van der Waals surface area contributed by atoms with Crippen molar-refractivity contribution in [2.45, 2.75) is 38.8 Å². The molecule has 0 bridgehead atoms. The van der Waals surface area contributed by atoms with Gasteiger partial charge < -0.3 is 20.3 Å². The predicted molar refractivity (Wildman–Crippen MR) is 96.1 cm³/mol. The van der Waals surface area contributed by atoms with Crippen LogP contribution in [0.4, 0.5) is 0 Å². The van der Waals surface area contributed by atoms with Gasteiger partial charge in [-0.25, -0.2) is 0 Å². The molecule has 0 spiro atoms. The van der Waals surface area contributed by atoms with Gasteiger partial charge in [0.1, 0.15) is 13.2 Å². The number of rotatable bonds is 10. The van der Waals surface area contributed by atoms with Crippen LogP contribution in [0.5, 0.6) is 0 Å². The Morgan fingerprint density at radius 3 is 1.27 bits per heavy atom. The maximum absolute atomic E-state index is 13.0. The van der Waals surface area contributed by atoms with Gasteiger partial charge in [0, 0.05) is 0 Å². The minimum absolute atomic E-state index is 0.0865. The monoisotopic (exact) mass is 424 g/mol. The summed E-state index contributed by atoms with van der Waals surface area (Å²) in [5.41, 5.74) is -2.57. The van der Waals surface area contributed by atoms with Crippen LogP contribution in [0.1, 0.15) is 27.7 Å². The topological polar surface area (TPSA) is 163 Å². The minimum Gasteiger partial charge on any atom is -0.349 e. The van der Waals surface area contributed by atoms with Crippen molar-refractivity contribution in [1.29, 1.82) is 0 Å². The molecular weight excluding hydrogens is 400 g/mol. The smallest absolute Gasteiger partial charge is 0.294 e. The van der Waals surface area contributed by atoms with E-state index in [1.165, 1.54) is 0 Å². The normalized spacial score (nSPS) is 42.7. The van der Waals surface area contributed by atoms with E-state index in [1.807, 2.05) is 0 Å². The van der Waals surface area contributed by atoms with Crippen molar-refractivity contribution in [2.75, 3.05) is 13.2 Å². The van der Waals surface area contributed by atoms with E-state index in [9.17, 15) is 29.8 Å². The zero-order valence-electron chi connectivity index (χ0n) is 17.0. The third kappa shape index (κ3) is 1.80. The van der Waals surface area contributed by atoms with Crippen LogP contribution in [0.2, 0.25) is 0 Å². The average Bonchev–Trinajstić information content (AvgIpc) is 2.63. The summed E-state index contributed by atoms with van der Waals surface area (Å²) < 4.78 is 0. The van der Waals surface area contributed by atoms with Gasteiger partial charge in [-0.05, 0) is 63.2 Å². The van der Waals surface area contributed by atoms with Crippen LogP contribution >= 0.6 is 0 Å². The van der Waals surface area contributed by atoms with E-state index < -0.39 is 32.1 Å². The summed E-state index contributed by atoms with van der Waals surface area (Å²) in [6.07, 6.45) is 0. The second-order valence-electron chi connectivity index (χ2n) is 10.7. The number of amides is 2. The number of hydrogen-bond acceptors (Lipinski definition) is 8. The van der Waals surface area contributed by atoms with Gasteiger partial charge in [-0.2, -0.15) is 0 Å². The number of nitrogens with one attached hydrogen (secondary N) is 2. The molecule has 0 heterocycles. The predicted octanol–water partition coefficient (Wildman–Crippen LogP) is -0.0694. The first-order valence-electron chi connectivity index (χ1n) is 10.0. The molecule has 30 heavy (non-hydrogen) atoms. The molecule has 2 N–H and O–H groups in total. The second kappa shape index (κ2) is 5.14. The van der Waals surface area contributed by atoms with E-state index >= 15 is 0 Å². The van der Waals surface area contributed by atoms with Crippen LogP contribution in [-0.2, 0) is 19.3 Å². The Morgan fingerprint density at radius 1 is 0.767 bits per heavy atom. The second-order valence-corrected chi connectivity index (χ2v) is 10.7. The Morgan fingerprint density at radius 2 is 1.03 bits per heavy atom. The average molecular weight is 424 g/mol. The van der Waals surface area contributed by atoms with E-state index in [4.69, 9.17) is 0 Å². The molecule has 0 aliphatic heterocycles. The summed E-state index contributed by atoms with van der Waals surface area (Å²) in [5.74, 6) is 0.958. The lowest BCUT2D eigenvalue weighted by Crippen LogP contribution is -3.12. The minimum atomic E-state index is -0.876. The molecule has 0 radical (unpaired) electrons. The van der Waals surface area contributed by atoms with Crippen molar-refractivity contribution in [3.63, 3.8) is 0 Å². The highest BCUT2D eigenvalue weighted by Crippen LogP contribution is 3.10. The van der Waals surface area contributed by atoms with E-state index in [2.05, 4.69) is 20.3 Å². The van der Waals surface area contributed by atoms with Crippen LogP contribution in [0.25, 0.3) is 0 Å². The lowest BCUT2D eigenvalue weighted by Gasteiger charge is -3.09. The molecule has 6 rings (SSSR count). The Balaban J connectivity index is 1.21. The van der Waals surface area contributed by atoms with Gasteiger partial charge >= 0.3 is 0 Å². The summed E-state index contributed by atoms with van der Waals surface area (Å²) in [4.78, 5) is 55.8. The molecule has 6 saturated carbocycles. The lowest BCUT2D eigenvalue weighted by molar-refractivity contribution is -0.759. The molecule has 0 aromatic carbocycles. The largest absolute Gasteiger partial charge is 0.349 e. The van der Waals surface area contributed by atoms with Crippen LogP contribution in [-0.4, -0.2) is 46.3 Å². The maximum Gasteiger partial charge on any atom is 0.294 e. The zero-order valence-corrected chi connectivity index (χ0v) is 17.0. The highest BCUT2D eigenvalue weighted by molar-refractivity contribution is 6.00. The Hall–Kier alpha value is -2.66. The van der Waals surface area contributed by atoms with Crippen molar-refractivity contribution in [3.05, 3.63) is 20.2 Å². The molecule has 0 unspecified atom stereocenters. The van der Waals surface area contributed by atoms with Crippen molar-refractivity contribution >= 4 is 11.8 Å². The quantitative estimate of drug-likeness (QED) is 0.364. The van der Waals surface area contributed by atoms with Gasteiger partial charge in [-0.3, -0.25) is 9.59 Å². The zero-order chi connectivity index (χ0) is 22.0. The van der Waals surface area contributed by atoms with Gasteiger partial charge in [0.25, 0.3) is 10.2 Å². The van der Waals surface area contributed by atoms with Gasteiger partial charge in [0.15, 0.2) is 0 Å². The van der Waals surface area contributed by atoms with Crippen molar-refractivity contribution < 1.29 is 29.4 Å². The lowest BCUT2D eigenvalue weighted by atomic mass is 8.92. The molecule has 164 valence electrons. The number of carbonyl (C=O) groups is 2. The highest BCUT2D eigenvalue weighted by atomic mass is 17.0. The fourth-order valence-electron chi connectivity index (χ4n) is 7.77. The fourth-order valence-corrected chi connectivity index (χ4v) is 7.77. The van der Waals surface area contributed by atoms with Crippen LogP contribution in [0, 0.1) is 66.6 Å². The fraction of sp³-hybridized carbons (Fsp3) is 0.889. The van der Waals surface area contributed by atoms with Gasteiger partial charge in [-0.1, -0.05) is 0 Å². The van der Waals surface area contributed by atoms with Crippen molar-refractivity contribution in [3.8, 4) is 0 Å². The van der Waals surface area contributed by atoms with E-state index in [-0.39, 0.29) is 60.5 Å². The Kier molecular flexibility index (Phi) is 3.31. The molecule has 0 saturated heterocycles. The maximum atomic E-state index is 13.0. The SMILES string of the molecule is CC(C)(CO[N+](=O)[O-])NC(=O)C12C3C4C1C1C2C3C41C(=O)NC(C)(C)CO[N+](=O)[O-]. The third-order valence-corrected chi connectivity index (χ3v) is 8.38. The van der Waals surface area contributed by atoms with Gasteiger partial charge in [0.2, 0.25) is 11.8 Å². The molecule has 6 aliphatic carbocycles. The molecular formula is C18H24N4O8. The molecule has 0 atom stereocenters. The molecule has 6 aliphatic rings. The van der Waals surface area contributed by atoms with Crippen LogP contribution in [0.15, 0.2) is 0 Å². The Bertz CT molecular complexity index is 773. The van der Waals surface area contributed by atoms with E-state index in [0.717, 1.165) is 0 Å². The number of nitrogens with zero attached hydrogens (tertiary/aromatic N) is 2. The van der Waals surface area contributed by atoms with Crippen molar-refractivity contribution in [1.82, 2.24) is 10.6 Å². The van der Waals surface area contributed by atoms with E-state index in [0.29, 0.717) is 0 Å². The summed E-state index contributed by atoms with van der Waals surface area (Å²) in [6, 6.07) is 0. The first-order valence-corrected chi connectivity index (χ1v) is 10.0. The van der Waals surface area contributed by atoms with E-state index in [1.54, 1.807) is 27.7 Å². The number of carbonyl (C=O) groups excluding carboxylic acids is 2. The first kappa shape index (κ1) is 19.3. The van der Waals surface area contributed by atoms with Crippen molar-refractivity contribution in [2.24, 2.45) is 46.3 Å². The molecule has 0 aromatic heterocycles. The van der Waals surface area contributed by atoms with Crippen LogP contribution < -0.4 is 10.6 Å². The molecule has 6 fully saturated rings. The summed E-state index contributed by atoms with van der Waals surface area (Å²) in [5, 5.41) is 24.9. The molecule has 2 amide bonds. The number of hydrogen-bond donors (Lipinski definition) is 2. The van der Waals surface area contributed by atoms with Gasteiger partial charge in [0.05, 0.1) is 21.9 Å². The first-order chi connectivity index (χ1) is 13.8. The summed E-state index contributed by atoms with van der Waals surface area (Å²) >= 11 is 0. The summed E-state index contributed by atoms with van der Waals surface area (Å²) in [7, 11) is 0. The standard InChI is InChI=1S/C18H24N4O8/c1-15(2,5-29-21(25)26)19-13(23)17-7-10-8(17)12-9(17)11(7)18(10,12)14(24)20-16(3,4)6-30-22(27)28/h7-12H,5-6H2,1-4H3,(H,19,23)(H,20,24). The van der Waals surface area contributed by atoms with Gasteiger partial charge in [-0.15, -0.1) is 20.2 Å². The molecule has 0 aromatic rings. The summed E-state index contributed by atoms with van der Waals surface area (Å²) in [6.45, 7) is 6.26. The third-order valence-electron chi connectivity index (χ3n) is 8.38.